The molecule has 0 aliphatic carbocycles. The molecule has 7 nitrogen and oxygen atoms in total. The summed E-state index contributed by atoms with van der Waals surface area (Å²) in [6, 6.07) is 4.30. The molecule has 98 valence electrons. The highest BCUT2D eigenvalue weighted by atomic mass is 16.5. The number of aryl methyl sites for hydroxylation is 1. The molecule has 4 N–H and O–H groups in total. The van der Waals surface area contributed by atoms with Gasteiger partial charge in [0.1, 0.15) is 0 Å². The number of urea groups is 1. The van der Waals surface area contributed by atoms with Crippen molar-refractivity contribution in [1.82, 2.24) is 5.01 Å². The van der Waals surface area contributed by atoms with Crippen molar-refractivity contribution in [2.24, 2.45) is 11.7 Å². The molecule has 7 heteroatoms. The molecule has 18 heavy (non-hydrogen) atoms. The zero-order valence-electron chi connectivity index (χ0n) is 10.5. The van der Waals surface area contributed by atoms with Crippen LogP contribution >= 0.6 is 0 Å². The Balaban J connectivity index is 3.28. The van der Waals surface area contributed by atoms with Gasteiger partial charge >= 0.3 is 12.0 Å². The van der Waals surface area contributed by atoms with Gasteiger partial charge in [-0.15, -0.1) is 0 Å². The lowest BCUT2D eigenvalue weighted by atomic mass is 10.1. The van der Waals surface area contributed by atoms with Gasteiger partial charge in [-0.1, -0.05) is 12.1 Å². The number of anilines is 1. The van der Waals surface area contributed by atoms with Crippen LogP contribution in [0.25, 0.3) is 0 Å². The van der Waals surface area contributed by atoms with E-state index in [-0.39, 0.29) is 11.3 Å². The fourth-order valence-electron chi connectivity index (χ4n) is 1.49. The van der Waals surface area contributed by atoms with E-state index in [1.54, 1.807) is 25.1 Å². The van der Waals surface area contributed by atoms with Gasteiger partial charge in [0.25, 0.3) is 0 Å². The van der Waals surface area contributed by atoms with Gasteiger partial charge in [0, 0.05) is 7.05 Å². The van der Waals surface area contributed by atoms with Gasteiger partial charge in [-0.25, -0.2) is 26.3 Å². The summed E-state index contributed by atoms with van der Waals surface area (Å²) in [6.45, 7) is 1.72. The van der Waals surface area contributed by atoms with Crippen molar-refractivity contribution in [3.63, 3.8) is 0 Å². The number of nitrogens with zero attached hydrogens (tertiary/aromatic N) is 2. The van der Waals surface area contributed by atoms with Crippen LogP contribution in [-0.2, 0) is 4.74 Å². The second kappa shape index (κ2) is 5.48. The molecule has 0 aliphatic rings. The van der Waals surface area contributed by atoms with Crippen molar-refractivity contribution in [3.05, 3.63) is 29.3 Å². The summed E-state index contributed by atoms with van der Waals surface area (Å²) < 4.78 is 4.67. The Morgan fingerprint density at radius 3 is 2.39 bits per heavy atom. The van der Waals surface area contributed by atoms with Crippen molar-refractivity contribution in [2.75, 3.05) is 19.2 Å². The van der Waals surface area contributed by atoms with Crippen LogP contribution in [0.3, 0.4) is 0 Å². The van der Waals surface area contributed by atoms with Crippen LogP contribution in [0.15, 0.2) is 18.2 Å². The summed E-state index contributed by atoms with van der Waals surface area (Å²) in [5, 5.41) is 1.63. The maximum atomic E-state index is 11.7. The van der Waals surface area contributed by atoms with Crippen molar-refractivity contribution < 1.29 is 14.3 Å². The Bertz CT molecular complexity index is 473. The van der Waals surface area contributed by atoms with Crippen molar-refractivity contribution >= 4 is 17.7 Å². The van der Waals surface area contributed by atoms with E-state index in [4.69, 9.17) is 11.7 Å². The summed E-state index contributed by atoms with van der Waals surface area (Å²) in [7, 11) is 2.62. The third kappa shape index (κ3) is 2.58. The van der Waals surface area contributed by atoms with Crippen LogP contribution in [0.2, 0.25) is 0 Å². The lowest BCUT2D eigenvalue weighted by Gasteiger charge is -2.23. The summed E-state index contributed by atoms with van der Waals surface area (Å²) in [4.78, 5) is 23.4. The van der Waals surface area contributed by atoms with Crippen LogP contribution in [-0.4, -0.2) is 31.2 Å². The number of esters is 1. The predicted octanol–water partition coefficient (Wildman–Crippen LogP) is 0.387. The van der Waals surface area contributed by atoms with Gasteiger partial charge in [0.2, 0.25) is 0 Å². The number of hydrazine groups is 2. The predicted molar refractivity (Wildman–Crippen MR) is 66.5 cm³/mol. The first kappa shape index (κ1) is 13.9. The maximum absolute atomic E-state index is 11.7. The number of carbonyl (C=O) groups excluding carboxylic acids is 2. The first-order chi connectivity index (χ1) is 8.40. The maximum Gasteiger partial charge on any atom is 0.352 e. The van der Waals surface area contributed by atoms with Crippen LogP contribution < -0.4 is 16.7 Å². The van der Waals surface area contributed by atoms with Gasteiger partial charge < -0.3 is 4.74 Å². The molecule has 0 saturated carbocycles. The normalized spacial score (nSPS) is 9.83. The molecule has 0 aliphatic heterocycles. The van der Waals surface area contributed by atoms with E-state index in [0.717, 1.165) is 10.0 Å². The van der Waals surface area contributed by atoms with Crippen molar-refractivity contribution in [2.45, 2.75) is 6.92 Å². The minimum Gasteiger partial charge on any atom is -0.465 e. The lowest BCUT2D eigenvalue weighted by molar-refractivity contribution is 0.0600. The molecule has 1 aromatic rings. The van der Waals surface area contributed by atoms with Gasteiger partial charge in [-0.2, -0.15) is 0 Å². The van der Waals surface area contributed by atoms with Crippen LogP contribution in [0.4, 0.5) is 10.5 Å². The lowest BCUT2D eigenvalue weighted by Crippen LogP contribution is -2.49. The fourth-order valence-corrected chi connectivity index (χ4v) is 1.49. The van der Waals surface area contributed by atoms with E-state index in [0.29, 0.717) is 5.56 Å². The van der Waals surface area contributed by atoms with E-state index in [1.807, 2.05) is 0 Å². The standard InChI is InChI=1S/C11H16N4O3/c1-7-5-4-6-8(9(7)10(16)18-3)15(13)11(17)14(2)12/h4-6H,12-13H2,1-3H3. The van der Waals surface area contributed by atoms with E-state index in [9.17, 15) is 9.59 Å². The molecule has 0 radical (unpaired) electrons. The number of rotatable bonds is 2. The first-order valence-corrected chi connectivity index (χ1v) is 5.15. The van der Waals surface area contributed by atoms with Crippen molar-refractivity contribution in [3.8, 4) is 0 Å². The Labute approximate surface area is 105 Å². The number of hydrogen-bond donors (Lipinski definition) is 2. The smallest absolute Gasteiger partial charge is 0.352 e. The Morgan fingerprint density at radius 1 is 1.28 bits per heavy atom. The van der Waals surface area contributed by atoms with E-state index in [2.05, 4.69) is 4.74 Å². The van der Waals surface area contributed by atoms with Crippen LogP contribution in [0.5, 0.6) is 0 Å². The van der Waals surface area contributed by atoms with E-state index in [1.165, 1.54) is 14.2 Å². The highest BCUT2D eigenvalue weighted by Gasteiger charge is 2.22. The molecule has 0 aromatic heterocycles. The van der Waals surface area contributed by atoms with Crippen LogP contribution in [0.1, 0.15) is 15.9 Å². The van der Waals surface area contributed by atoms with Crippen molar-refractivity contribution in [1.29, 1.82) is 0 Å². The monoisotopic (exact) mass is 252 g/mol. The number of ether oxygens (including phenoxy) is 1. The number of carbonyl (C=O) groups is 2. The molecular formula is C11H16N4O3. The highest BCUT2D eigenvalue weighted by molar-refractivity contribution is 6.02. The number of benzene rings is 1. The quantitative estimate of drug-likeness (QED) is 0.343. The number of hydrogen-bond acceptors (Lipinski definition) is 5. The third-order valence-corrected chi connectivity index (χ3v) is 2.41. The van der Waals surface area contributed by atoms with Gasteiger partial charge in [-0.05, 0) is 18.6 Å². The molecule has 0 heterocycles. The molecular weight excluding hydrogens is 236 g/mol. The molecule has 0 spiro atoms. The molecule has 1 aromatic carbocycles. The van der Waals surface area contributed by atoms with E-state index < -0.39 is 12.0 Å². The molecule has 0 saturated heterocycles. The largest absolute Gasteiger partial charge is 0.465 e. The number of nitrogens with two attached hydrogens (primary N) is 2. The zero-order chi connectivity index (χ0) is 13.9. The van der Waals surface area contributed by atoms with Gasteiger partial charge in [-0.3, -0.25) is 5.01 Å². The fraction of sp³-hybridized carbons (Fsp3) is 0.273. The number of amides is 2. The van der Waals surface area contributed by atoms with Gasteiger partial charge in [0.15, 0.2) is 0 Å². The molecule has 0 bridgehead atoms. The zero-order valence-corrected chi connectivity index (χ0v) is 10.5. The Morgan fingerprint density at radius 2 is 1.89 bits per heavy atom. The minimum atomic E-state index is -0.647. The summed E-state index contributed by atoms with van der Waals surface area (Å²) in [6.07, 6.45) is 0. The minimum absolute atomic E-state index is 0.234. The average molecular weight is 252 g/mol. The Kier molecular flexibility index (Phi) is 4.24. The molecule has 0 atom stereocenters. The summed E-state index contributed by atoms with van der Waals surface area (Å²) >= 11 is 0. The topological polar surface area (TPSA) is 102 Å². The second-order valence-corrected chi connectivity index (χ2v) is 3.72. The third-order valence-electron chi connectivity index (χ3n) is 2.41. The molecule has 0 fully saturated rings. The molecule has 1 rings (SSSR count). The highest BCUT2D eigenvalue weighted by Crippen LogP contribution is 2.23. The summed E-state index contributed by atoms with van der Waals surface area (Å²) in [5.41, 5.74) is 1.13. The summed E-state index contributed by atoms with van der Waals surface area (Å²) in [5.74, 6) is 10.4. The molecule has 2 amide bonds. The number of methoxy groups -OCH3 is 1. The van der Waals surface area contributed by atoms with E-state index >= 15 is 0 Å². The first-order valence-electron chi connectivity index (χ1n) is 5.15. The second-order valence-electron chi connectivity index (χ2n) is 3.72. The average Bonchev–Trinajstić information content (AvgIpc) is 2.35. The molecule has 0 unspecified atom stereocenters. The van der Waals surface area contributed by atoms with Crippen LogP contribution in [0, 0.1) is 6.92 Å². The SMILES string of the molecule is COC(=O)c1c(C)cccc1N(N)C(=O)N(C)N. The Hall–Kier alpha value is -2.12. The van der Waals surface area contributed by atoms with Gasteiger partial charge in [0.05, 0.1) is 18.4 Å².